The zero-order valence-electron chi connectivity index (χ0n) is 16.1. The van der Waals surface area contributed by atoms with Crippen molar-refractivity contribution in [1.82, 2.24) is 9.47 Å². The van der Waals surface area contributed by atoms with Crippen molar-refractivity contribution in [2.45, 2.75) is 63.6 Å². The van der Waals surface area contributed by atoms with E-state index < -0.39 is 0 Å². The number of piperidine rings is 1. The second kappa shape index (κ2) is 6.59. The van der Waals surface area contributed by atoms with Crippen LogP contribution < -0.4 is 5.43 Å². The highest BCUT2D eigenvalue weighted by Gasteiger charge is 2.39. The molecular formula is C23H28N2O2. The molecule has 4 heteroatoms. The summed E-state index contributed by atoms with van der Waals surface area (Å²) in [5.74, 6) is 1.17. The van der Waals surface area contributed by atoms with Crippen LogP contribution in [0.3, 0.4) is 0 Å². The van der Waals surface area contributed by atoms with Gasteiger partial charge in [0.1, 0.15) is 0 Å². The quantitative estimate of drug-likeness (QED) is 0.757. The Morgan fingerprint density at radius 1 is 1.04 bits per heavy atom. The fraction of sp³-hybridized carbons (Fsp3) is 0.565. The van der Waals surface area contributed by atoms with Crippen molar-refractivity contribution in [1.29, 1.82) is 0 Å². The van der Waals surface area contributed by atoms with Gasteiger partial charge in [-0.25, -0.2) is 0 Å². The van der Waals surface area contributed by atoms with Crippen LogP contribution in [-0.4, -0.2) is 34.4 Å². The van der Waals surface area contributed by atoms with Crippen molar-refractivity contribution >= 4 is 16.7 Å². The molecule has 1 unspecified atom stereocenters. The fourth-order valence-corrected chi connectivity index (χ4v) is 5.34. The van der Waals surface area contributed by atoms with Gasteiger partial charge in [-0.15, -0.1) is 0 Å². The zero-order valence-corrected chi connectivity index (χ0v) is 16.1. The number of ketones is 1. The maximum absolute atomic E-state index is 13.1. The van der Waals surface area contributed by atoms with Crippen LogP contribution in [0.5, 0.6) is 0 Å². The molecule has 1 saturated carbocycles. The second-order valence-electron chi connectivity index (χ2n) is 9.00. The van der Waals surface area contributed by atoms with Gasteiger partial charge in [0.05, 0.1) is 11.1 Å². The standard InChI is InChI=1S/C23H28N2O2/c1-24-17-8-9-18(24)11-16(10-17)12-22(26)20-14-25(13-15-6-7-15)21-5-3-2-4-19(21)23(20)27/h2-5,14-18H,6-13H2,1H3/t16?,17-,18+. The third-order valence-electron chi connectivity index (χ3n) is 7.11. The monoisotopic (exact) mass is 364 g/mol. The van der Waals surface area contributed by atoms with Crippen molar-refractivity contribution < 1.29 is 4.79 Å². The number of hydrogen-bond acceptors (Lipinski definition) is 3. The topological polar surface area (TPSA) is 42.3 Å². The summed E-state index contributed by atoms with van der Waals surface area (Å²) in [7, 11) is 2.22. The molecule has 4 nitrogen and oxygen atoms in total. The van der Waals surface area contributed by atoms with Crippen LogP contribution in [0.1, 0.15) is 55.3 Å². The van der Waals surface area contributed by atoms with E-state index in [9.17, 15) is 9.59 Å². The van der Waals surface area contributed by atoms with Gasteiger partial charge in [0.25, 0.3) is 0 Å². The van der Waals surface area contributed by atoms with Gasteiger partial charge in [-0.3, -0.25) is 9.59 Å². The largest absolute Gasteiger partial charge is 0.346 e. The summed E-state index contributed by atoms with van der Waals surface area (Å²) in [6.45, 7) is 0.916. The van der Waals surface area contributed by atoms with Gasteiger partial charge in [-0.2, -0.15) is 0 Å². The molecule has 5 rings (SSSR count). The number of carbonyl (C=O) groups is 1. The maximum Gasteiger partial charge on any atom is 0.200 e. The first-order chi connectivity index (χ1) is 13.1. The lowest BCUT2D eigenvalue weighted by molar-refractivity contribution is 0.0881. The summed E-state index contributed by atoms with van der Waals surface area (Å²) >= 11 is 0. The van der Waals surface area contributed by atoms with E-state index in [0.29, 0.717) is 41.3 Å². The Hall–Kier alpha value is -1.94. The van der Waals surface area contributed by atoms with Crippen molar-refractivity contribution in [2.75, 3.05) is 7.05 Å². The van der Waals surface area contributed by atoms with Gasteiger partial charge in [0.15, 0.2) is 11.2 Å². The molecule has 0 amide bonds. The third kappa shape index (κ3) is 3.14. The van der Waals surface area contributed by atoms with E-state index in [4.69, 9.17) is 0 Å². The van der Waals surface area contributed by atoms with Crippen LogP contribution in [0, 0.1) is 11.8 Å². The normalized spacial score (nSPS) is 28.0. The number of rotatable bonds is 5. The van der Waals surface area contributed by atoms with Crippen LogP contribution >= 0.6 is 0 Å². The molecule has 1 aromatic carbocycles. The Morgan fingerprint density at radius 2 is 1.74 bits per heavy atom. The number of nitrogens with zero attached hydrogens (tertiary/aromatic N) is 2. The summed E-state index contributed by atoms with van der Waals surface area (Å²) in [5.41, 5.74) is 1.28. The molecular weight excluding hydrogens is 336 g/mol. The average Bonchev–Trinajstić information content (AvgIpc) is 3.45. The molecule has 142 valence electrons. The molecule has 27 heavy (non-hydrogen) atoms. The minimum absolute atomic E-state index is 0.0456. The molecule has 1 aliphatic carbocycles. The molecule has 0 spiro atoms. The molecule has 2 bridgehead atoms. The minimum Gasteiger partial charge on any atom is -0.346 e. The van der Waals surface area contributed by atoms with E-state index in [2.05, 4.69) is 16.5 Å². The molecule has 0 radical (unpaired) electrons. The Morgan fingerprint density at radius 3 is 2.44 bits per heavy atom. The number of aromatic nitrogens is 1. The van der Waals surface area contributed by atoms with Gasteiger partial charge in [-0.1, -0.05) is 12.1 Å². The van der Waals surface area contributed by atoms with Crippen LogP contribution in [0.15, 0.2) is 35.3 Å². The molecule has 3 atom stereocenters. The first-order valence-electron chi connectivity index (χ1n) is 10.5. The predicted molar refractivity (Wildman–Crippen MR) is 107 cm³/mol. The predicted octanol–water partition coefficient (Wildman–Crippen LogP) is 3.86. The van der Waals surface area contributed by atoms with E-state index in [0.717, 1.165) is 24.9 Å². The third-order valence-corrected chi connectivity index (χ3v) is 7.11. The van der Waals surface area contributed by atoms with E-state index in [-0.39, 0.29) is 11.2 Å². The number of hydrogen-bond donors (Lipinski definition) is 0. The lowest BCUT2D eigenvalue weighted by Gasteiger charge is -2.36. The maximum atomic E-state index is 13.1. The highest BCUT2D eigenvalue weighted by Crippen LogP contribution is 2.39. The Bertz CT molecular complexity index is 929. The van der Waals surface area contributed by atoms with Crippen molar-refractivity contribution in [2.24, 2.45) is 11.8 Å². The van der Waals surface area contributed by atoms with Crippen molar-refractivity contribution in [3.63, 3.8) is 0 Å². The smallest absolute Gasteiger partial charge is 0.200 e. The molecule has 3 aliphatic rings. The summed E-state index contributed by atoms with van der Waals surface area (Å²) in [6.07, 6.45) is 9.61. The molecule has 3 heterocycles. The Kier molecular flexibility index (Phi) is 4.19. The van der Waals surface area contributed by atoms with Gasteiger partial charge in [-0.05, 0) is 69.5 Å². The zero-order chi connectivity index (χ0) is 18.5. The summed E-state index contributed by atoms with van der Waals surface area (Å²) < 4.78 is 2.15. The Balaban J connectivity index is 1.44. The lowest BCUT2D eigenvalue weighted by atomic mass is 9.86. The molecule has 2 saturated heterocycles. The second-order valence-corrected chi connectivity index (χ2v) is 9.00. The van der Waals surface area contributed by atoms with Crippen LogP contribution in [0.25, 0.3) is 10.9 Å². The fourth-order valence-electron chi connectivity index (χ4n) is 5.34. The number of fused-ring (bicyclic) bond motifs is 3. The molecule has 3 fully saturated rings. The molecule has 0 N–H and O–H groups in total. The van der Waals surface area contributed by atoms with E-state index in [1.807, 2.05) is 30.5 Å². The highest BCUT2D eigenvalue weighted by atomic mass is 16.1. The van der Waals surface area contributed by atoms with E-state index in [1.165, 1.54) is 25.7 Å². The highest BCUT2D eigenvalue weighted by molar-refractivity contribution is 5.99. The Labute approximate surface area is 160 Å². The average molecular weight is 364 g/mol. The lowest BCUT2D eigenvalue weighted by Crippen LogP contribution is -2.40. The van der Waals surface area contributed by atoms with Gasteiger partial charge in [0.2, 0.25) is 0 Å². The molecule has 2 aliphatic heterocycles. The first kappa shape index (κ1) is 17.2. The molecule has 2 aromatic rings. The number of Topliss-reactive ketones (excluding diaryl/α,β-unsaturated/α-hetero) is 1. The number of carbonyl (C=O) groups excluding carboxylic acids is 1. The molecule has 1 aromatic heterocycles. The van der Waals surface area contributed by atoms with E-state index >= 15 is 0 Å². The van der Waals surface area contributed by atoms with Crippen molar-refractivity contribution in [3.8, 4) is 0 Å². The first-order valence-corrected chi connectivity index (χ1v) is 10.5. The van der Waals surface area contributed by atoms with Gasteiger partial charge < -0.3 is 9.47 Å². The van der Waals surface area contributed by atoms with Crippen LogP contribution in [0.2, 0.25) is 0 Å². The van der Waals surface area contributed by atoms with Crippen molar-refractivity contribution in [3.05, 3.63) is 46.2 Å². The number of benzene rings is 1. The minimum atomic E-state index is -0.0847. The summed E-state index contributed by atoms with van der Waals surface area (Å²) in [5, 5.41) is 0.687. The van der Waals surface area contributed by atoms with Gasteiger partial charge >= 0.3 is 0 Å². The SMILES string of the molecule is CN1[C@@H]2CC[C@H]1CC(CC(=O)c1cn(CC3CC3)c3ccccc3c1=O)C2. The van der Waals surface area contributed by atoms with Crippen LogP contribution in [0.4, 0.5) is 0 Å². The van der Waals surface area contributed by atoms with Gasteiger partial charge in [0, 0.05) is 36.6 Å². The van der Waals surface area contributed by atoms with E-state index in [1.54, 1.807) is 0 Å². The van der Waals surface area contributed by atoms with Crippen LogP contribution in [-0.2, 0) is 6.54 Å². The summed E-state index contributed by atoms with van der Waals surface area (Å²) in [6, 6.07) is 9.00. The summed E-state index contributed by atoms with van der Waals surface area (Å²) in [4.78, 5) is 28.6. The number of para-hydroxylation sites is 1. The number of pyridine rings is 1.